The van der Waals surface area contributed by atoms with Crippen molar-refractivity contribution < 1.29 is 19.0 Å². The molecule has 2 atom stereocenters. The van der Waals surface area contributed by atoms with Gasteiger partial charge >= 0.3 is 0 Å². The van der Waals surface area contributed by atoms with Crippen molar-refractivity contribution in [3.05, 3.63) is 47.0 Å². The molecule has 0 saturated carbocycles. The number of hydrogen-bond donors (Lipinski definition) is 3. The molecule has 0 unspecified atom stereocenters. The molecule has 3 heterocycles. The SMILES string of the molecule is CC(=O)NC(C)(C)c1cnc2c(F)cc(-c3nc(N[C@@H]4CCOC[C@H]4O)ncc3Cl)cc2c1. The van der Waals surface area contributed by atoms with E-state index >= 15 is 0 Å². The van der Waals surface area contributed by atoms with Gasteiger partial charge in [-0.3, -0.25) is 9.78 Å². The molecular formula is C23H25ClFN5O3. The van der Waals surface area contributed by atoms with Gasteiger partial charge in [0, 0.05) is 30.7 Å². The Kier molecular flexibility index (Phi) is 6.47. The van der Waals surface area contributed by atoms with Crippen LogP contribution < -0.4 is 10.6 Å². The molecule has 33 heavy (non-hydrogen) atoms. The molecule has 0 bridgehead atoms. The smallest absolute Gasteiger partial charge is 0.223 e. The number of anilines is 1. The fourth-order valence-corrected chi connectivity index (χ4v) is 4.09. The van der Waals surface area contributed by atoms with Crippen LogP contribution >= 0.6 is 11.6 Å². The van der Waals surface area contributed by atoms with Crippen molar-refractivity contribution in [3.8, 4) is 11.3 Å². The van der Waals surface area contributed by atoms with Gasteiger partial charge in [0.1, 0.15) is 11.3 Å². The van der Waals surface area contributed by atoms with E-state index in [-0.39, 0.29) is 35.0 Å². The first-order valence-corrected chi connectivity index (χ1v) is 11.0. The quantitative estimate of drug-likeness (QED) is 0.521. The topological polar surface area (TPSA) is 109 Å². The van der Waals surface area contributed by atoms with Gasteiger partial charge in [0.15, 0.2) is 0 Å². The van der Waals surface area contributed by atoms with Gasteiger partial charge in [-0.2, -0.15) is 0 Å². The highest BCUT2D eigenvalue weighted by Crippen LogP contribution is 2.32. The largest absolute Gasteiger partial charge is 0.389 e. The number of benzene rings is 1. The molecular weight excluding hydrogens is 449 g/mol. The lowest BCUT2D eigenvalue weighted by molar-refractivity contribution is -0.120. The molecule has 4 rings (SSSR count). The molecule has 8 nitrogen and oxygen atoms in total. The van der Waals surface area contributed by atoms with E-state index in [1.807, 2.05) is 13.8 Å². The second-order valence-corrected chi connectivity index (χ2v) is 9.04. The first-order chi connectivity index (χ1) is 15.6. The Labute approximate surface area is 195 Å². The van der Waals surface area contributed by atoms with Gasteiger partial charge in [-0.05, 0) is 44.0 Å². The number of carbonyl (C=O) groups is 1. The highest BCUT2D eigenvalue weighted by Gasteiger charge is 2.25. The Morgan fingerprint density at radius 1 is 1.27 bits per heavy atom. The number of nitrogens with zero attached hydrogens (tertiary/aromatic N) is 3. The highest BCUT2D eigenvalue weighted by molar-refractivity contribution is 6.33. The van der Waals surface area contributed by atoms with Crippen molar-refractivity contribution >= 4 is 34.4 Å². The fourth-order valence-electron chi connectivity index (χ4n) is 3.89. The molecule has 0 spiro atoms. The molecule has 1 aromatic carbocycles. The lowest BCUT2D eigenvalue weighted by Gasteiger charge is -2.28. The molecule has 2 aromatic heterocycles. The van der Waals surface area contributed by atoms with E-state index in [2.05, 4.69) is 25.6 Å². The van der Waals surface area contributed by atoms with Crippen molar-refractivity contribution in [1.29, 1.82) is 0 Å². The fraction of sp³-hybridized carbons (Fsp3) is 0.391. The summed E-state index contributed by atoms with van der Waals surface area (Å²) in [7, 11) is 0. The van der Waals surface area contributed by atoms with E-state index < -0.39 is 17.5 Å². The molecule has 0 aliphatic carbocycles. The molecule has 1 fully saturated rings. The average molecular weight is 474 g/mol. The highest BCUT2D eigenvalue weighted by atomic mass is 35.5. The number of halogens is 2. The van der Waals surface area contributed by atoms with Gasteiger partial charge in [-0.1, -0.05) is 11.6 Å². The van der Waals surface area contributed by atoms with E-state index in [1.54, 1.807) is 18.3 Å². The monoisotopic (exact) mass is 473 g/mol. The second kappa shape index (κ2) is 9.17. The summed E-state index contributed by atoms with van der Waals surface area (Å²) in [5, 5.41) is 16.9. The number of pyridine rings is 1. The van der Waals surface area contributed by atoms with Crippen LogP contribution in [-0.4, -0.2) is 51.3 Å². The molecule has 0 radical (unpaired) electrons. The Bertz CT molecular complexity index is 1210. The summed E-state index contributed by atoms with van der Waals surface area (Å²) in [5.41, 5.74) is 1.05. The summed E-state index contributed by atoms with van der Waals surface area (Å²) in [5.74, 6) is -0.419. The van der Waals surface area contributed by atoms with E-state index in [0.29, 0.717) is 29.7 Å². The molecule has 10 heteroatoms. The van der Waals surface area contributed by atoms with Crippen molar-refractivity contribution in [1.82, 2.24) is 20.3 Å². The van der Waals surface area contributed by atoms with E-state index in [4.69, 9.17) is 16.3 Å². The van der Waals surface area contributed by atoms with Crippen LogP contribution in [0.5, 0.6) is 0 Å². The predicted octanol–water partition coefficient (Wildman–Crippen LogP) is 3.42. The lowest BCUT2D eigenvalue weighted by Crippen LogP contribution is -2.42. The molecule has 1 amide bonds. The zero-order valence-corrected chi connectivity index (χ0v) is 19.3. The van der Waals surface area contributed by atoms with Gasteiger partial charge < -0.3 is 20.5 Å². The third-order valence-corrected chi connectivity index (χ3v) is 5.88. The van der Waals surface area contributed by atoms with Crippen molar-refractivity contribution in [2.24, 2.45) is 0 Å². The number of aliphatic hydroxyl groups is 1. The van der Waals surface area contributed by atoms with Crippen LogP contribution in [-0.2, 0) is 15.1 Å². The molecule has 3 aromatic rings. The second-order valence-electron chi connectivity index (χ2n) is 8.63. The van der Waals surface area contributed by atoms with E-state index in [1.165, 1.54) is 19.2 Å². The number of fused-ring (bicyclic) bond motifs is 1. The number of rotatable bonds is 5. The number of hydrogen-bond acceptors (Lipinski definition) is 7. The van der Waals surface area contributed by atoms with E-state index in [0.717, 1.165) is 5.56 Å². The Hall–Kier alpha value is -2.88. The van der Waals surface area contributed by atoms with Gasteiger partial charge in [-0.15, -0.1) is 0 Å². The summed E-state index contributed by atoms with van der Waals surface area (Å²) in [6, 6.07) is 4.61. The van der Waals surface area contributed by atoms with Crippen LogP contribution in [0, 0.1) is 5.82 Å². The zero-order valence-electron chi connectivity index (χ0n) is 18.5. The standard InChI is InChI=1S/C23H25ClFN5O3/c1-12(31)30-23(2,3)15-7-13-6-14(8-17(25)21(13)26-9-15)20-16(24)10-27-22(29-20)28-18-4-5-33-11-19(18)32/h6-10,18-19,32H,4-5,11H2,1-3H3,(H,30,31)(H,27,28,29)/t18-,19-/m1/s1. The number of nitrogens with one attached hydrogen (secondary N) is 2. The number of aliphatic hydroxyl groups excluding tert-OH is 1. The van der Waals surface area contributed by atoms with Gasteiger partial charge in [0.05, 0.1) is 41.2 Å². The Balaban J connectivity index is 1.72. The maximum Gasteiger partial charge on any atom is 0.223 e. The van der Waals surface area contributed by atoms with Gasteiger partial charge in [0.2, 0.25) is 11.9 Å². The van der Waals surface area contributed by atoms with Crippen molar-refractivity contribution in [3.63, 3.8) is 0 Å². The minimum absolute atomic E-state index is 0.178. The molecule has 1 aliphatic heterocycles. The van der Waals surface area contributed by atoms with Crippen LogP contribution in [0.15, 0.2) is 30.6 Å². The maximum absolute atomic E-state index is 14.9. The van der Waals surface area contributed by atoms with Crippen molar-refractivity contribution in [2.75, 3.05) is 18.5 Å². The number of carbonyl (C=O) groups excluding carboxylic acids is 1. The molecule has 174 valence electrons. The van der Waals surface area contributed by atoms with Crippen LogP contribution in [0.2, 0.25) is 5.02 Å². The number of amides is 1. The third kappa shape index (κ3) is 5.05. The van der Waals surface area contributed by atoms with Crippen LogP contribution in [0.25, 0.3) is 22.2 Å². The van der Waals surface area contributed by atoms with Crippen LogP contribution in [0.3, 0.4) is 0 Å². The normalized spacial score (nSPS) is 18.8. The minimum atomic E-state index is -0.687. The third-order valence-electron chi connectivity index (χ3n) is 5.61. The predicted molar refractivity (Wildman–Crippen MR) is 123 cm³/mol. The summed E-state index contributed by atoms with van der Waals surface area (Å²) in [6.45, 7) is 5.90. The van der Waals surface area contributed by atoms with Gasteiger partial charge in [0.25, 0.3) is 0 Å². The van der Waals surface area contributed by atoms with E-state index in [9.17, 15) is 14.3 Å². The van der Waals surface area contributed by atoms with Gasteiger partial charge in [-0.25, -0.2) is 14.4 Å². The molecule has 1 aliphatic rings. The first-order valence-electron chi connectivity index (χ1n) is 10.6. The number of ether oxygens (including phenoxy) is 1. The first kappa shape index (κ1) is 23.3. The molecule has 1 saturated heterocycles. The lowest BCUT2D eigenvalue weighted by atomic mass is 9.94. The summed E-state index contributed by atoms with van der Waals surface area (Å²) in [4.78, 5) is 24.5. The minimum Gasteiger partial charge on any atom is -0.389 e. The van der Waals surface area contributed by atoms with Crippen LogP contribution in [0.1, 0.15) is 32.8 Å². The Morgan fingerprint density at radius 3 is 2.79 bits per heavy atom. The van der Waals surface area contributed by atoms with Crippen molar-refractivity contribution in [2.45, 2.75) is 44.9 Å². The average Bonchev–Trinajstić information content (AvgIpc) is 2.75. The number of aromatic nitrogens is 3. The summed E-state index contributed by atoms with van der Waals surface area (Å²) in [6.07, 6.45) is 2.91. The summed E-state index contributed by atoms with van der Waals surface area (Å²) < 4.78 is 20.2. The maximum atomic E-state index is 14.9. The summed E-state index contributed by atoms with van der Waals surface area (Å²) >= 11 is 6.36. The zero-order chi connectivity index (χ0) is 23.8. The Morgan fingerprint density at radius 2 is 2.06 bits per heavy atom. The molecule has 3 N–H and O–H groups in total. The van der Waals surface area contributed by atoms with Crippen LogP contribution in [0.4, 0.5) is 10.3 Å².